The molecule has 1 saturated carbocycles. The maximum absolute atomic E-state index is 6.64. The van der Waals surface area contributed by atoms with Gasteiger partial charge in [0.2, 0.25) is 0 Å². The second-order valence-electron chi connectivity index (χ2n) is 14.6. The average Bonchev–Trinajstić information content (AvgIpc) is 3.64. The highest BCUT2D eigenvalue weighted by atomic mass is 16.3. The van der Waals surface area contributed by atoms with Crippen molar-refractivity contribution >= 4 is 49.8 Å². The molecule has 0 radical (unpaired) electrons. The molecule has 1 aliphatic rings. The highest BCUT2D eigenvalue weighted by Crippen LogP contribution is 2.49. The predicted molar refractivity (Wildman–Crippen MR) is 228 cm³/mol. The number of benzene rings is 8. The largest absolute Gasteiger partial charge is 0.455 e. The highest BCUT2D eigenvalue weighted by molar-refractivity contribution is 6.11. The lowest BCUT2D eigenvalue weighted by Crippen LogP contribution is -2.12. The van der Waals surface area contributed by atoms with Crippen molar-refractivity contribution in [3.05, 3.63) is 188 Å². The van der Waals surface area contributed by atoms with Crippen LogP contribution in [-0.4, -0.2) is 0 Å². The molecule has 0 saturated heterocycles. The van der Waals surface area contributed by atoms with Crippen LogP contribution in [0.25, 0.3) is 66.1 Å². The first-order valence-corrected chi connectivity index (χ1v) is 19.4. The van der Waals surface area contributed by atoms with Gasteiger partial charge >= 0.3 is 0 Å². The molecule has 1 fully saturated rings. The van der Waals surface area contributed by atoms with E-state index in [1.807, 2.05) is 6.07 Å². The van der Waals surface area contributed by atoms with Crippen molar-refractivity contribution in [2.45, 2.75) is 38.0 Å². The van der Waals surface area contributed by atoms with Gasteiger partial charge in [-0.15, -0.1) is 0 Å². The van der Waals surface area contributed by atoms with Crippen molar-refractivity contribution in [1.29, 1.82) is 0 Å². The summed E-state index contributed by atoms with van der Waals surface area (Å²) in [5, 5.41) is 4.96. The fraction of sp³-hybridized carbons (Fsp3) is 0.115. The van der Waals surface area contributed by atoms with Crippen molar-refractivity contribution in [1.82, 2.24) is 0 Å². The summed E-state index contributed by atoms with van der Waals surface area (Å²) in [6, 6.07) is 66.1. The van der Waals surface area contributed by atoms with Crippen LogP contribution in [0.5, 0.6) is 0 Å². The molecule has 0 bridgehead atoms. The van der Waals surface area contributed by atoms with E-state index in [0.29, 0.717) is 5.92 Å². The Balaban J connectivity index is 1.21. The standard InChI is InChI=1S/C52H41NO/c1-3-16-36(17-4-1)37-32-34-40(35-33-37)53(49-30-11-8-23-43(49)46-27-15-28-47-44-24-9-12-31-50(44)54-52(46)47)48-29-10-7-22-42(48)45-26-14-21-39-20-13-25-41(51(39)45)38-18-5-2-6-19-38/h1,3-4,7-17,20-35,38H,2,5-6,18-19H2. The number of para-hydroxylation sites is 4. The monoisotopic (exact) mass is 695 g/mol. The minimum atomic E-state index is 0.586. The van der Waals surface area contributed by atoms with Gasteiger partial charge in [0.05, 0.1) is 11.4 Å². The van der Waals surface area contributed by atoms with E-state index in [9.17, 15) is 0 Å². The maximum Gasteiger partial charge on any atom is 0.143 e. The summed E-state index contributed by atoms with van der Waals surface area (Å²) >= 11 is 0. The molecule has 0 amide bonds. The van der Waals surface area contributed by atoms with Crippen molar-refractivity contribution < 1.29 is 4.42 Å². The summed E-state index contributed by atoms with van der Waals surface area (Å²) in [5.41, 5.74) is 13.7. The zero-order valence-corrected chi connectivity index (χ0v) is 30.3. The van der Waals surface area contributed by atoms with Crippen molar-refractivity contribution in [2.75, 3.05) is 4.90 Å². The van der Waals surface area contributed by atoms with Crippen LogP contribution >= 0.6 is 0 Å². The van der Waals surface area contributed by atoms with Crippen molar-refractivity contribution in [3.8, 4) is 33.4 Å². The summed E-state index contributed by atoms with van der Waals surface area (Å²) < 4.78 is 6.64. The van der Waals surface area contributed by atoms with Crippen molar-refractivity contribution in [3.63, 3.8) is 0 Å². The lowest BCUT2D eigenvalue weighted by molar-refractivity contribution is 0.445. The summed E-state index contributed by atoms with van der Waals surface area (Å²) in [6.07, 6.45) is 6.48. The van der Waals surface area contributed by atoms with Gasteiger partial charge in [-0.2, -0.15) is 0 Å². The van der Waals surface area contributed by atoms with Crippen LogP contribution in [0.3, 0.4) is 0 Å². The third kappa shape index (κ3) is 5.67. The molecule has 10 rings (SSSR count). The molecule has 9 aromatic rings. The third-order valence-electron chi connectivity index (χ3n) is 11.5. The molecule has 8 aromatic carbocycles. The van der Waals surface area contributed by atoms with Crippen LogP contribution in [0, 0.1) is 0 Å². The van der Waals surface area contributed by atoms with Gasteiger partial charge in [-0.1, -0.05) is 171 Å². The predicted octanol–water partition coefficient (Wildman–Crippen LogP) is 15.3. The number of fused-ring (bicyclic) bond motifs is 4. The van der Waals surface area contributed by atoms with E-state index in [1.165, 1.54) is 70.7 Å². The fourth-order valence-electron chi connectivity index (χ4n) is 8.94. The Morgan fingerprint density at radius 1 is 0.426 bits per heavy atom. The molecular formula is C52H41NO. The molecule has 54 heavy (non-hydrogen) atoms. The lowest BCUT2D eigenvalue weighted by atomic mass is 9.80. The van der Waals surface area contributed by atoms with Gasteiger partial charge in [0.25, 0.3) is 0 Å². The van der Waals surface area contributed by atoms with Gasteiger partial charge in [0, 0.05) is 33.2 Å². The van der Waals surface area contributed by atoms with Crippen LogP contribution in [0.1, 0.15) is 43.6 Å². The summed E-state index contributed by atoms with van der Waals surface area (Å²) in [6.45, 7) is 0. The SMILES string of the molecule is c1ccc(-c2ccc(N(c3ccccc3-c3cccc4c3oc3ccccc34)c3ccccc3-c3cccc4cccc(C5CCCCC5)c34)cc2)cc1. The molecule has 0 N–H and O–H groups in total. The molecule has 0 unspecified atom stereocenters. The Labute approximate surface area is 316 Å². The third-order valence-corrected chi connectivity index (χ3v) is 11.5. The van der Waals surface area contributed by atoms with Gasteiger partial charge < -0.3 is 9.32 Å². The van der Waals surface area contributed by atoms with Gasteiger partial charge in [-0.3, -0.25) is 0 Å². The number of nitrogens with zero attached hydrogens (tertiary/aromatic N) is 1. The zero-order valence-electron chi connectivity index (χ0n) is 30.3. The Morgan fingerprint density at radius 2 is 1.00 bits per heavy atom. The second-order valence-corrected chi connectivity index (χ2v) is 14.6. The van der Waals surface area contributed by atoms with Crippen LogP contribution in [0.2, 0.25) is 0 Å². The number of rotatable bonds is 7. The average molecular weight is 696 g/mol. The molecule has 2 heteroatoms. The molecule has 2 nitrogen and oxygen atoms in total. The van der Waals surface area contributed by atoms with E-state index in [2.05, 4.69) is 181 Å². The fourth-order valence-corrected chi connectivity index (χ4v) is 8.94. The maximum atomic E-state index is 6.64. The smallest absolute Gasteiger partial charge is 0.143 e. The van der Waals surface area contributed by atoms with Crippen LogP contribution in [0.4, 0.5) is 17.1 Å². The van der Waals surface area contributed by atoms with E-state index in [-0.39, 0.29) is 0 Å². The highest BCUT2D eigenvalue weighted by Gasteiger charge is 2.25. The molecule has 0 spiro atoms. The van der Waals surface area contributed by atoms with E-state index in [1.54, 1.807) is 0 Å². The van der Waals surface area contributed by atoms with Crippen LogP contribution < -0.4 is 4.90 Å². The quantitative estimate of drug-likeness (QED) is 0.165. The molecule has 1 aromatic heterocycles. The molecule has 0 atom stereocenters. The molecule has 1 heterocycles. The Kier molecular flexibility index (Phi) is 8.30. The number of hydrogen-bond acceptors (Lipinski definition) is 2. The number of furan rings is 1. The van der Waals surface area contributed by atoms with Gasteiger partial charge in [-0.05, 0) is 82.1 Å². The Bertz CT molecular complexity index is 2750. The summed E-state index contributed by atoms with van der Waals surface area (Å²) in [4.78, 5) is 2.46. The Hall–Kier alpha value is -6.38. The normalized spacial score (nSPS) is 13.5. The van der Waals surface area contributed by atoms with Crippen LogP contribution in [-0.2, 0) is 0 Å². The second kappa shape index (κ2) is 13.9. The van der Waals surface area contributed by atoms with E-state index in [0.717, 1.165) is 50.1 Å². The van der Waals surface area contributed by atoms with Crippen LogP contribution in [0.15, 0.2) is 186 Å². The molecule has 1 aliphatic carbocycles. The summed E-state index contributed by atoms with van der Waals surface area (Å²) in [5.74, 6) is 0.586. The van der Waals surface area contributed by atoms with Gasteiger partial charge in [-0.25, -0.2) is 0 Å². The zero-order chi connectivity index (χ0) is 35.8. The van der Waals surface area contributed by atoms with E-state index in [4.69, 9.17) is 4.42 Å². The minimum absolute atomic E-state index is 0.586. The van der Waals surface area contributed by atoms with Gasteiger partial charge in [0.1, 0.15) is 11.2 Å². The summed E-state index contributed by atoms with van der Waals surface area (Å²) in [7, 11) is 0. The first-order chi connectivity index (χ1) is 26.8. The van der Waals surface area contributed by atoms with E-state index >= 15 is 0 Å². The minimum Gasteiger partial charge on any atom is -0.455 e. The molecule has 0 aliphatic heterocycles. The number of hydrogen-bond donors (Lipinski definition) is 0. The topological polar surface area (TPSA) is 16.4 Å². The van der Waals surface area contributed by atoms with E-state index < -0.39 is 0 Å². The first kappa shape index (κ1) is 32.3. The molecule has 260 valence electrons. The number of anilines is 3. The van der Waals surface area contributed by atoms with Crippen molar-refractivity contribution in [2.24, 2.45) is 0 Å². The first-order valence-electron chi connectivity index (χ1n) is 19.4. The Morgan fingerprint density at radius 3 is 1.78 bits per heavy atom. The molecular weight excluding hydrogens is 655 g/mol. The van der Waals surface area contributed by atoms with Gasteiger partial charge in [0.15, 0.2) is 0 Å². The lowest BCUT2D eigenvalue weighted by Gasteiger charge is -2.31.